The number of aromatic hydroxyl groups is 1. The summed E-state index contributed by atoms with van der Waals surface area (Å²) in [6.07, 6.45) is 0. The maximum Gasteiger partial charge on any atom is 0.294 e. The van der Waals surface area contributed by atoms with Gasteiger partial charge in [-0.2, -0.15) is 0 Å². The number of aromatic nitrogens is 2. The third kappa shape index (κ3) is 3.89. The first-order chi connectivity index (χ1) is 12.9. The molecule has 6 nitrogen and oxygen atoms in total. The normalized spacial score (nSPS) is 10.6. The number of carbonyl (C=O) groups excluding carboxylic acids is 1. The van der Waals surface area contributed by atoms with Crippen molar-refractivity contribution in [3.63, 3.8) is 0 Å². The summed E-state index contributed by atoms with van der Waals surface area (Å²) >= 11 is 0. The standard InChI is InChI=1S/C21H21N3O3/c1-13-9-10-15(11-14(13)2)12-24(3)21(27)17-18(25)20(26)23-19(22-17)16-7-5-4-6-8-16/h4-11,25H,12H2,1-3H3,(H,22,23,26). The number of amides is 1. The molecule has 1 amide bonds. The molecular weight excluding hydrogens is 342 g/mol. The lowest BCUT2D eigenvalue weighted by Crippen LogP contribution is -2.29. The van der Waals surface area contributed by atoms with Gasteiger partial charge in [-0.05, 0) is 30.5 Å². The Morgan fingerprint density at radius 1 is 1.11 bits per heavy atom. The minimum atomic E-state index is -0.744. The zero-order valence-electron chi connectivity index (χ0n) is 15.5. The summed E-state index contributed by atoms with van der Waals surface area (Å²) in [5.74, 6) is -0.957. The van der Waals surface area contributed by atoms with Crippen molar-refractivity contribution in [1.82, 2.24) is 14.9 Å². The second-order valence-corrected chi connectivity index (χ2v) is 6.56. The molecule has 0 aliphatic rings. The largest absolute Gasteiger partial charge is 0.501 e. The number of H-pyrrole nitrogens is 1. The topological polar surface area (TPSA) is 86.3 Å². The van der Waals surface area contributed by atoms with Crippen LogP contribution in [0.15, 0.2) is 53.3 Å². The number of nitrogens with zero attached hydrogens (tertiary/aromatic N) is 2. The molecule has 0 aliphatic heterocycles. The first-order valence-corrected chi connectivity index (χ1v) is 8.57. The number of aryl methyl sites for hydroxylation is 2. The van der Waals surface area contributed by atoms with Gasteiger partial charge in [0.1, 0.15) is 5.82 Å². The van der Waals surface area contributed by atoms with Crippen LogP contribution >= 0.6 is 0 Å². The van der Waals surface area contributed by atoms with Crippen molar-refractivity contribution < 1.29 is 9.90 Å². The van der Waals surface area contributed by atoms with Crippen LogP contribution < -0.4 is 5.56 Å². The van der Waals surface area contributed by atoms with Gasteiger partial charge in [0.15, 0.2) is 5.69 Å². The zero-order valence-corrected chi connectivity index (χ0v) is 15.5. The molecule has 0 unspecified atom stereocenters. The Hall–Kier alpha value is -3.41. The van der Waals surface area contributed by atoms with Crippen LogP contribution in [-0.2, 0) is 6.54 Å². The maximum absolute atomic E-state index is 12.8. The van der Waals surface area contributed by atoms with Crippen LogP contribution in [0.25, 0.3) is 11.4 Å². The highest BCUT2D eigenvalue weighted by Crippen LogP contribution is 2.19. The molecule has 27 heavy (non-hydrogen) atoms. The first-order valence-electron chi connectivity index (χ1n) is 8.57. The van der Waals surface area contributed by atoms with E-state index in [1.807, 2.05) is 38.1 Å². The van der Waals surface area contributed by atoms with Gasteiger partial charge in [-0.15, -0.1) is 0 Å². The van der Waals surface area contributed by atoms with Crippen LogP contribution in [0, 0.1) is 13.8 Å². The smallest absolute Gasteiger partial charge is 0.294 e. The van der Waals surface area contributed by atoms with Crippen molar-refractivity contribution in [2.45, 2.75) is 20.4 Å². The Bertz CT molecular complexity index is 1040. The summed E-state index contributed by atoms with van der Waals surface area (Å²) in [5.41, 5.74) is 2.92. The molecule has 0 bridgehead atoms. The molecule has 138 valence electrons. The molecule has 0 saturated carbocycles. The van der Waals surface area contributed by atoms with Gasteiger partial charge in [-0.3, -0.25) is 9.59 Å². The van der Waals surface area contributed by atoms with E-state index in [4.69, 9.17) is 0 Å². The van der Waals surface area contributed by atoms with Crippen LogP contribution in [0.2, 0.25) is 0 Å². The minimum absolute atomic E-state index is 0.237. The Kier molecular flexibility index (Phi) is 5.07. The summed E-state index contributed by atoms with van der Waals surface area (Å²) in [6, 6.07) is 14.9. The summed E-state index contributed by atoms with van der Waals surface area (Å²) in [6.45, 7) is 4.38. The van der Waals surface area contributed by atoms with Crippen molar-refractivity contribution in [1.29, 1.82) is 0 Å². The molecule has 1 heterocycles. The van der Waals surface area contributed by atoms with Crippen LogP contribution in [0.3, 0.4) is 0 Å². The van der Waals surface area contributed by atoms with Gasteiger partial charge in [-0.1, -0.05) is 48.5 Å². The third-order valence-corrected chi connectivity index (χ3v) is 4.48. The second kappa shape index (κ2) is 7.45. The minimum Gasteiger partial charge on any atom is -0.501 e. The molecule has 1 aromatic heterocycles. The summed E-state index contributed by atoms with van der Waals surface area (Å²) in [5, 5.41) is 10.1. The van der Waals surface area contributed by atoms with E-state index >= 15 is 0 Å². The fourth-order valence-corrected chi connectivity index (χ4v) is 2.78. The lowest BCUT2D eigenvalue weighted by atomic mass is 10.1. The maximum atomic E-state index is 12.8. The summed E-state index contributed by atoms with van der Waals surface area (Å²) in [4.78, 5) is 33.0. The van der Waals surface area contributed by atoms with E-state index in [9.17, 15) is 14.7 Å². The van der Waals surface area contributed by atoms with Gasteiger partial charge in [0.05, 0.1) is 0 Å². The molecule has 0 saturated heterocycles. The number of nitrogens with one attached hydrogen (secondary N) is 1. The zero-order chi connectivity index (χ0) is 19.6. The highest BCUT2D eigenvalue weighted by molar-refractivity contribution is 5.95. The van der Waals surface area contributed by atoms with Crippen LogP contribution in [-0.4, -0.2) is 32.9 Å². The van der Waals surface area contributed by atoms with Crippen molar-refractivity contribution in [3.8, 4) is 17.1 Å². The van der Waals surface area contributed by atoms with Crippen molar-refractivity contribution in [2.75, 3.05) is 7.05 Å². The molecule has 0 fully saturated rings. The lowest BCUT2D eigenvalue weighted by molar-refractivity contribution is 0.0775. The molecule has 0 aliphatic carbocycles. The van der Waals surface area contributed by atoms with Gasteiger partial charge in [0, 0.05) is 19.2 Å². The van der Waals surface area contributed by atoms with Gasteiger partial charge in [0.25, 0.3) is 11.5 Å². The predicted molar refractivity (Wildman–Crippen MR) is 104 cm³/mol. The molecule has 0 atom stereocenters. The van der Waals surface area contributed by atoms with E-state index in [1.54, 1.807) is 31.3 Å². The number of benzene rings is 2. The Balaban J connectivity index is 1.92. The van der Waals surface area contributed by atoms with E-state index in [0.717, 1.165) is 11.1 Å². The van der Waals surface area contributed by atoms with E-state index in [1.165, 1.54) is 10.5 Å². The number of carbonyl (C=O) groups is 1. The number of rotatable bonds is 4. The van der Waals surface area contributed by atoms with Crippen LogP contribution in [0.4, 0.5) is 0 Å². The van der Waals surface area contributed by atoms with E-state index in [2.05, 4.69) is 9.97 Å². The first kappa shape index (κ1) is 18.4. The SMILES string of the molecule is Cc1ccc(CN(C)C(=O)c2nc(-c3ccccc3)[nH]c(=O)c2O)cc1C. The molecular formula is C21H21N3O3. The quantitative estimate of drug-likeness (QED) is 0.746. The van der Waals surface area contributed by atoms with Gasteiger partial charge in [0.2, 0.25) is 5.75 Å². The fourth-order valence-electron chi connectivity index (χ4n) is 2.78. The number of hydrogen-bond acceptors (Lipinski definition) is 4. The van der Waals surface area contributed by atoms with E-state index < -0.39 is 17.2 Å². The molecule has 3 rings (SSSR count). The van der Waals surface area contributed by atoms with E-state index in [-0.39, 0.29) is 11.5 Å². The van der Waals surface area contributed by atoms with Crippen LogP contribution in [0.5, 0.6) is 5.75 Å². The predicted octanol–water partition coefficient (Wildman–Crippen LogP) is 3.03. The van der Waals surface area contributed by atoms with Gasteiger partial charge >= 0.3 is 0 Å². The monoisotopic (exact) mass is 363 g/mol. The number of aromatic amines is 1. The lowest BCUT2D eigenvalue weighted by Gasteiger charge is -2.18. The summed E-state index contributed by atoms with van der Waals surface area (Å²) < 4.78 is 0. The van der Waals surface area contributed by atoms with Crippen molar-refractivity contribution in [3.05, 3.63) is 81.3 Å². The highest BCUT2D eigenvalue weighted by atomic mass is 16.3. The fraction of sp³-hybridized carbons (Fsp3) is 0.190. The van der Waals surface area contributed by atoms with Crippen molar-refractivity contribution >= 4 is 5.91 Å². The average Bonchev–Trinajstić information content (AvgIpc) is 2.67. The third-order valence-electron chi connectivity index (χ3n) is 4.48. The van der Waals surface area contributed by atoms with Gasteiger partial charge in [-0.25, -0.2) is 4.98 Å². The molecule has 6 heteroatoms. The molecule has 0 radical (unpaired) electrons. The molecule has 0 spiro atoms. The molecule has 3 aromatic rings. The Labute approximate surface area is 157 Å². The Morgan fingerprint density at radius 2 is 1.81 bits per heavy atom. The Morgan fingerprint density at radius 3 is 2.48 bits per heavy atom. The molecule has 2 N–H and O–H groups in total. The second-order valence-electron chi connectivity index (χ2n) is 6.56. The number of hydrogen-bond donors (Lipinski definition) is 2. The van der Waals surface area contributed by atoms with Gasteiger partial charge < -0.3 is 15.0 Å². The average molecular weight is 363 g/mol. The summed E-state index contributed by atoms with van der Waals surface area (Å²) in [7, 11) is 1.61. The molecule has 2 aromatic carbocycles. The van der Waals surface area contributed by atoms with Crippen molar-refractivity contribution in [2.24, 2.45) is 0 Å². The van der Waals surface area contributed by atoms with E-state index in [0.29, 0.717) is 12.1 Å². The van der Waals surface area contributed by atoms with Crippen LogP contribution in [0.1, 0.15) is 27.2 Å². The highest BCUT2D eigenvalue weighted by Gasteiger charge is 2.22.